The zero-order chi connectivity index (χ0) is 22.3. The van der Waals surface area contributed by atoms with Crippen LogP contribution in [0.25, 0.3) is 16.7 Å². The van der Waals surface area contributed by atoms with Crippen LogP contribution in [0.3, 0.4) is 0 Å². The number of fused-ring (bicyclic) bond motifs is 1. The monoisotopic (exact) mass is 432 g/mol. The summed E-state index contributed by atoms with van der Waals surface area (Å²) >= 11 is 0. The molecule has 0 radical (unpaired) electrons. The molecule has 0 bridgehead atoms. The smallest absolute Gasteiger partial charge is 0.258 e. The van der Waals surface area contributed by atoms with Crippen LogP contribution in [0.4, 0.5) is 0 Å². The fourth-order valence-electron chi connectivity index (χ4n) is 3.27. The van der Waals surface area contributed by atoms with Crippen molar-refractivity contribution in [1.29, 1.82) is 0 Å². The molecular weight excluding hydrogens is 408 g/mol. The Kier molecular flexibility index (Phi) is 6.62. The lowest BCUT2D eigenvalue weighted by Crippen LogP contribution is -2.28. The number of aliphatic hydroxyl groups is 1. The number of ether oxygens (including phenoxy) is 2. The first kappa shape index (κ1) is 21.3. The molecule has 8 heteroatoms. The number of aromatic nitrogens is 3. The zero-order valence-corrected chi connectivity index (χ0v) is 17.7. The van der Waals surface area contributed by atoms with E-state index in [0.717, 1.165) is 27.9 Å². The lowest BCUT2D eigenvalue weighted by molar-refractivity contribution is -0.123. The first-order valence-corrected chi connectivity index (χ1v) is 10.2. The van der Waals surface area contributed by atoms with E-state index in [-0.39, 0.29) is 19.1 Å². The molecule has 0 fully saturated rings. The van der Waals surface area contributed by atoms with Crippen molar-refractivity contribution >= 4 is 16.9 Å². The van der Waals surface area contributed by atoms with E-state index in [0.29, 0.717) is 24.4 Å². The van der Waals surface area contributed by atoms with E-state index in [2.05, 4.69) is 15.5 Å². The van der Waals surface area contributed by atoms with E-state index in [4.69, 9.17) is 9.47 Å². The predicted octanol–water partition coefficient (Wildman–Crippen LogP) is 2.66. The average Bonchev–Trinajstić information content (AvgIpc) is 3.26. The molecule has 1 heterocycles. The molecule has 3 aromatic carbocycles. The highest BCUT2D eigenvalue weighted by atomic mass is 16.5. The number of rotatable bonds is 9. The maximum Gasteiger partial charge on any atom is 0.258 e. The van der Waals surface area contributed by atoms with Crippen LogP contribution in [0.2, 0.25) is 0 Å². The number of carbonyl (C=O) groups excluding carboxylic acids is 1. The number of nitrogens with zero attached hydrogens (tertiary/aromatic N) is 3. The van der Waals surface area contributed by atoms with E-state index in [9.17, 15) is 9.90 Å². The second-order valence-corrected chi connectivity index (χ2v) is 7.17. The second-order valence-electron chi connectivity index (χ2n) is 7.17. The Bertz CT molecular complexity index is 1190. The number of hydrogen-bond donors (Lipinski definition) is 2. The van der Waals surface area contributed by atoms with Crippen molar-refractivity contribution in [3.05, 3.63) is 77.9 Å². The summed E-state index contributed by atoms with van der Waals surface area (Å²) in [6, 6.07) is 20.5. The van der Waals surface area contributed by atoms with Crippen LogP contribution in [-0.2, 0) is 17.8 Å². The maximum absolute atomic E-state index is 12.4. The molecule has 1 amide bonds. The highest BCUT2D eigenvalue weighted by Gasteiger charge is 2.13. The van der Waals surface area contributed by atoms with Crippen LogP contribution in [0.15, 0.2) is 66.7 Å². The molecule has 0 aliphatic heterocycles. The molecular formula is C24H24N4O4. The quantitative estimate of drug-likeness (QED) is 0.422. The Morgan fingerprint density at radius 2 is 1.78 bits per heavy atom. The fourth-order valence-corrected chi connectivity index (χ4v) is 3.27. The van der Waals surface area contributed by atoms with E-state index < -0.39 is 0 Å². The Balaban J connectivity index is 1.48. The summed E-state index contributed by atoms with van der Waals surface area (Å²) in [5, 5.41) is 21.2. The number of amides is 1. The van der Waals surface area contributed by atoms with Gasteiger partial charge in [-0.25, -0.2) is 0 Å². The number of benzene rings is 3. The standard InChI is InChI=1S/C24H24N4O4/c1-31-19-6-4-5-18(13-19)15-25-24(30)16-32-23-10-9-17(11-12-29)14-22(23)28-26-20-7-2-3-8-21(20)27-28/h2-10,13-14,29H,11-12,15-16H2,1H3,(H,25,30). The molecule has 0 atom stereocenters. The number of hydrogen-bond acceptors (Lipinski definition) is 6. The normalized spacial score (nSPS) is 10.8. The molecule has 164 valence electrons. The summed E-state index contributed by atoms with van der Waals surface area (Å²) in [6.07, 6.45) is 0.495. The van der Waals surface area contributed by atoms with Gasteiger partial charge in [-0.15, -0.1) is 15.0 Å². The van der Waals surface area contributed by atoms with Crippen molar-refractivity contribution in [2.45, 2.75) is 13.0 Å². The van der Waals surface area contributed by atoms with E-state index >= 15 is 0 Å². The van der Waals surface area contributed by atoms with E-state index in [1.807, 2.05) is 60.7 Å². The molecule has 8 nitrogen and oxygen atoms in total. The molecule has 4 aromatic rings. The Labute approximate surface area is 185 Å². The topological polar surface area (TPSA) is 98.5 Å². The number of nitrogens with one attached hydrogen (secondary N) is 1. The molecule has 32 heavy (non-hydrogen) atoms. The number of aliphatic hydroxyl groups excluding tert-OH is 1. The Morgan fingerprint density at radius 1 is 1.00 bits per heavy atom. The van der Waals surface area contributed by atoms with Crippen molar-refractivity contribution < 1.29 is 19.4 Å². The number of carbonyl (C=O) groups is 1. The third kappa shape index (κ3) is 5.04. The largest absolute Gasteiger partial charge is 0.497 e. The van der Waals surface area contributed by atoms with Gasteiger partial charge in [0.1, 0.15) is 28.2 Å². The van der Waals surface area contributed by atoms with Gasteiger partial charge in [0, 0.05) is 13.2 Å². The third-order valence-electron chi connectivity index (χ3n) is 4.91. The minimum Gasteiger partial charge on any atom is -0.497 e. The van der Waals surface area contributed by atoms with Crippen LogP contribution in [0.1, 0.15) is 11.1 Å². The molecule has 0 aliphatic rings. The molecule has 4 rings (SSSR count). The van der Waals surface area contributed by atoms with Gasteiger partial charge in [-0.1, -0.05) is 30.3 Å². The summed E-state index contributed by atoms with van der Waals surface area (Å²) < 4.78 is 11.0. The van der Waals surface area contributed by atoms with Crippen molar-refractivity contribution in [2.75, 3.05) is 20.3 Å². The minimum absolute atomic E-state index is 0.0286. The summed E-state index contributed by atoms with van der Waals surface area (Å²) in [4.78, 5) is 13.9. The van der Waals surface area contributed by atoms with Crippen molar-refractivity contribution in [2.24, 2.45) is 0 Å². The van der Waals surface area contributed by atoms with E-state index in [1.165, 1.54) is 4.80 Å². The minimum atomic E-state index is -0.253. The van der Waals surface area contributed by atoms with Gasteiger partial charge in [0.15, 0.2) is 6.61 Å². The first-order chi connectivity index (χ1) is 15.7. The van der Waals surface area contributed by atoms with Crippen LogP contribution in [-0.4, -0.2) is 46.3 Å². The zero-order valence-electron chi connectivity index (χ0n) is 17.7. The van der Waals surface area contributed by atoms with Gasteiger partial charge in [-0.3, -0.25) is 4.79 Å². The predicted molar refractivity (Wildman–Crippen MR) is 120 cm³/mol. The average molecular weight is 432 g/mol. The van der Waals surface area contributed by atoms with Crippen molar-refractivity contribution in [3.8, 4) is 17.2 Å². The first-order valence-electron chi connectivity index (χ1n) is 10.2. The van der Waals surface area contributed by atoms with Gasteiger partial charge in [-0.05, 0) is 53.9 Å². The van der Waals surface area contributed by atoms with Crippen LogP contribution in [0, 0.1) is 0 Å². The molecule has 0 saturated carbocycles. The van der Waals surface area contributed by atoms with Crippen LogP contribution < -0.4 is 14.8 Å². The summed E-state index contributed by atoms with van der Waals surface area (Å²) in [7, 11) is 1.60. The summed E-state index contributed by atoms with van der Waals surface area (Å²) in [5.74, 6) is 0.958. The SMILES string of the molecule is COc1cccc(CNC(=O)COc2ccc(CCO)cc2-n2nc3ccccc3n2)c1. The second kappa shape index (κ2) is 9.93. The Hall–Kier alpha value is -3.91. The molecule has 2 N–H and O–H groups in total. The van der Waals surface area contributed by atoms with Gasteiger partial charge in [0.05, 0.1) is 7.11 Å². The van der Waals surface area contributed by atoms with Gasteiger partial charge in [0.25, 0.3) is 5.91 Å². The maximum atomic E-state index is 12.4. The summed E-state index contributed by atoms with van der Waals surface area (Å²) in [6.45, 7) is 0.242. The third-order valence-corrected chi connectivity index (χ3v) is 4.91. The van der Waals surface area contributed by atoms with Gasteiger partial charge < -0.3 is 19.9 Å². The van der Waals surface area contributed by atoms with Crippen LogP contribution >= 0.6 is 0 Å². The Morgan fingerprint density at radius 3 is 2.50 bits per heavy atom. The molecule has 0 spiro atoms. The highest BCUT2D eigenvalue weighted by molar-refractivity contribution is 5.77. The van der Waals surface area contributed by atoms with Gasteiger partial charge >= 0.3 is 0 Å². The van der Waals surface area contributed by atoms with Gasteiger partial charge in [0.2, 0.25) is 0 Å². The fraction of sp³-hybridized carbons (Fsp3) is 0.208. The van der Waals surface area contributed by atoms with Crippen LogP contribution in [0.5, 0.6) is 11.5 Å². The van der Waals surface area contributed by atoms with Crippen molar-refractivity contribution in [1.82, 2.24) is 20.3 Å². The molecule has 0 unspecified atom stereocenters. The van der Waals surface area contributed by atoms with E-state index in [1.54, 1.807) is 13.2 Å². The van der Waals surface area contributed by atoms with Crippen molar-refractivity contribution in [3.63, 3.8) is 0 Å². The van der Waals surface area contributed by atoms with Gasteiger partial charge in [-0.2, -0.15) is 0 Å². The lowest BCUT2D eigenvalue weighted by atomic mass is 10.1. The summed E-state index contributed by atoms with van der Waals surface area (Å²) in [5.41, 5.74) is 3.95. The number of methoxy groups -OCH3 is 1. The highest BCUT2D eigenvalue weighted by Crippen LogP contribution is 2.25. The molecule has 0 aliphatic carbocycles. The lowest BCUT2D eigenvalue weighted by Gasteiger charge is -2.13. The molecule has 1 aromatic heterocycles. The molecule has 0 saturated heterocycles.